The quantitative estimate of drug-likeness (QED) is 0.908. The van der Waals surface area contributed by atoms with E-state index in [0.717, 1.165) is 34.5 Å². The lowest BCUT2D eigenvalue weighted by atomic mass is 10.0. The van der Waals surface area contributed by atoms with E-state index in [2.05, 4.69) is 5.32 Å². The molecule has 0 heterocycles. The van der Waals surface area contributed by atoms with Crippen LogP contribution in [0.3, 0.4) is 0 Å². The Labute approximate surface area is 143 Å². The molecule has 4 heteroatoms. The van der Waals surface area contributed by atoms with E-state index in [9.17, 15) is 9.59 Å². The summed E-state index contributed by atoms with van der Waals surface area (Å²) in [7, 11) is 0. The highest BCUT2D eigenvalue weighted by Gasteiger charge is 2.20. The molecule has 0 aliphatic rings. The van der Waals surface area contributed by atoms with Gasteiger partial charge in [-0.15, -0.1) is 0 Å². The van der Waals surface area contributed by atoms with Crippen molar-refractivity contribution in [2.24, 2.45) is 0 Å². The largest absolute Gasteiger partial charge is 0.325 e. The van der Waals surface area contributed by atoms with Crippen molar-refractivity contribution < 1.29 is 9.59 Å². The number of amides is 2. The van der Waals surface area contributed by atoms with Gasteiger partial charge in [0, 0.05) is 12.6 Å². The van der Waals surface area contributed by atoms with E-state index in [0.29, 0.717) is 0 Å². The van der Waals surface area contributed by atoms with Gasteiger partial charge in [-0.05, 0) is 49.1 Å². The lowest BCUT2D eigenvalue weighted by Gasteiger charge is -2.25. The van der Waals surface area contributed by atoms with Crippen LogP contribution in [0.25, 0.3) is 0 Å². The van der Waals surface area contributed by atoms with E-state index in [1.807, 2.05) is 63.2 Å². The van der Waals surface area contributed by atoms with Crippen LogP contribution in [-0.2, 0) is 16.0 Å². The van der Waals surface area contributed by atoms with Gasteiger partial charge in [0.15, 0.2) is 0 Å². The van der Waals surface area contributed by atoms with Crippen molar-refractivity contribution in [2.45, 2.75) is 34.1 Å². The summed E-state index contributed by atoms with van der Waals surface area (Å²) in [6, 6.07) is 13.5. The summed E-state index contributed by atoms with van der Waals surface area (Å²) in [6.07, 6.45) is 0.806. The van der Waals surface area contributed by atoms with Crippen molar-refractivity contribution in [1.82, 2.24) is 0 Å². The molecule has 0 atom stereocenters. The fourth-order valence-electron chi connectivity index (χ4n) is 2.81. The van der Waals surface area contributed by atoms with Gasteiger partial charge in [0.2, 0.25) is 11.8 Å². The number of nitrogens with zero attached hydrogens (tertiary/aromatic N) is 1. The van der Waals surface area contributed by atoms with Crippen LogP contribution in [0.2, 0.25) is 0 Å². The van der Waals surface area contributed by atoms with Crippen molar-refractivity contribution in [3.05, 3.63) is 59.2 Å². The van der Waals surface area contributed by atoms with Crippen LogP contribution >= 0.6 is 0 Å². The van der Waals surface area contributed by atoms with Crippen LogP contribution in [0, 0.1) is 13.8 Å². The molecule has 0 aromatic heterocycles. The van der Waals surface area contributed by atoms with Crippen molar-refractivity contribution in [3.63, 3.8) is 0 Å². The van der Waals surface area contributed by atoms with E-state index in [-0.39, 0.29) is 18.4 Å². The first-order chi connectivity index (χ1) is 11.4. The first kappa shape index (κ1) is 17.7. The van der Waals surface area contributed by atoms with Crippen molar-refractivity contribution in [1.29, 1.82) is 0 Å². The fraction of sp³-hybridized carbons (Fsp3) is 0.300. The monoisotopic (exact) mass is 324 g/mol. The van der Waals surface area contributed by atoms with Crippen LogP contribution in [0.1, 0.15) is 30.5 Å². The van der Waals surface area contributed by atoms with Gasteiger partial charge in [-0.1, -0.05) is 37.3 Å². The van der Waals surface area contributed by atoms with Crippen LogP contribution in [0.15, 0.2) is 42.5 Å². The van der Waals surface area contributed by atoms with Crippen molar-refractivity contribution in [2.75, 3.05) is 16.8 Å². The van der Waals surface area contributed by atoms with Gasteiger partial charge >= 0.3 is 0 Å². The number of benzene rings is 2. The second-order valence-corrected chi connectivity index (χ2v) is 5.96. The number of aryl methyl sites for hydroxylation is 3. The van der Waals surface area contributed by atoms with Crippen LogP contribution in [-0.4, -0.2) is 18.4 Å². The smallest absolute Gasteiger partial charge is 0.244 e. The molecule has 24 heavy (non-hydrogen) atoms. The highest BCUT2D eigenvalue weighted by atomic mass is 16.2. The van der Waals surface area contributed by atoms with E-state index in [1.165, 1.54) is 6.92 Å². The van der Waals surface area contributed by atoms with Gasteiger partial charge in [-0.2, -0.15) is 0 Å². The van der Waals surface area contributed by atoms with Crippen LogP contribution in [0.5, 0.6) is 0 Å². The summed E-state index contributed by atoms with van der Waals surface area (Å²) in [5.74, 6) is -0.348. The highest BCUT2D eigenvalue weighted by Crippen LogP contribution is 2.26. The Hall–Kier alpha value is -2.62. The number of para-hydroxylation sites is 1. The third-order valence-corrected chi connectivity index (χ3v) is 3.96. The van der Waals surface area contributed by atoms with Gasteiger partial charge < -0.3 is 10.2 Å². The van der Waals surface area contributed by atoms with E-state index in [1.54, 1.807) is 4.90 Å². The normalized spacial score (nSPS) is 10.3. The molecule has 1 N–H and O–H groups in total. The minimum atomic E-state index is -0.207. The second kappa shape index (κ2) is 7.77. The second-order valence-electron chi connectivity index (χ2n) is 5.96. The molecule has 2 amide bonds. The molecule has 0 fully saturated rings. The summed E-state index contributed by atoms with van der Waals surface area (Å²) < 4.78 is 0. The van der Waals surface area contributed by atoms with E-state index >= 15 is 0 Å². The Bertz CT molecular complexity index is 753. The topological polar surface area (TPSA) is 49.4 Å². The Morgan fingerprint density at radius 2 is 1.79 bits per heavy atom. The van der Waals surface area contributed by atoms with Gasteiger partial charge in [-0.3, -0.25) is 9.59 Å². The highest BCUT2D eigenvalue weighted by molar-refractivity contribution is 6.02. The lowest BCUT2D eigenvalue weighted by molar-refractivity contribution is -0.120. The van der Waals surface area contributed by atoms with Crippen molar-refractivity contribution in [3.8, 4) is 0 Å². The molecule has 2 aromatic carbocycles. The minimum Gasteiger partial charge on any atom is -0.325 e. The zero-order valence-electron chi connectivity index (χ0n) is 14.7. The molecule has 0 aliphatic carbocycles. The van der Waals surface area contributed by atoms with Gasteiger partial charge in [-0.25, -0.2) is 0 Å². The fourth-order valence-corrected chi connectivity index (χ4v) is 2.81. The predicted molar refractivity (Wildman–Crippen MR) is 98.4 cm³/mol. The molecule has 0 saturated carbocycles. The molecule has 2 rings (SSSR count). The number of carbonyl (C=O) groups excluding carboxylic acids is 2. The van der Waals surface area contributed by atoms with Crippen LogP contribution < -0.4 is 10.2 Å². The lowest BCUT2D eigenvalue weighted by Crippen LogP contribution is -2.37. The number of hydrogen-bond donors (Lipinski definition) is 1. The average Bonchev–Trinajstić information content (AvgIpc) is 2.52. The summed E-state index contributed by atoms with van der Waals surface area (Å²) in [6.45, 7) is 7.47. The number of hydrogen-bond acceptors (Lipinski definition) is 2. The molecule has 126 valence electrons. The molecular formula is C20H24N2O2. The molecule has 0 bridgehead atoms. The molecule has 0 unspecified atom stereocenters. The maximum absolute atomic E-state index is 12.4. The number of carbonyl (C=O) groups is 2. The standard InChI is InChI=1S/C20H24N2O2/c1-5-17-10-7-9-15(3)20(17)22(16(4)23)13-19(24)21-18-11-6-8-14(2)12-18/h6-12H,5,13H2,1-4H3,(H,21,24). The Morgan fingerprint density at radius 3 is 2.42 bits per heavy atom. The molecule has 0 radical (unpaired) electrons. The first-order valence-electron chi connectivity index (χ1n) is 8.15. The Balaban J connectivity index is 2.23. The number of anilines is 2. The van der Waals surface area contributed by atoms with Gasteiger partial charge in [0.05, 0.1) is 5.69 Å². The zero-order valence-corrected chi connectivity index (χ0v) is 14.7. The molecule has 2 aromatic rings. The molecule has 0 aliphatic heterocycles. The van der Waals surface area contributed by atoms with E-state index < -0.39 is 0 Å². The maximum Gasteiger partial charge on any atom is 0.244 e. The van der Waals surface area contributed by atoms with Crippen molar-refractivity contribution >= 4 is 23.2 Å². The zero-order chi connectivity index (χ0) is 17.7. The first-order valence-corrected chi connectivity index (χ1v) is 8.15. The summed E-state index contributed by atoms with van der Waals surface area (Å²) in [5, 5.41) is 2.86. The Kier molecular flexibility index (Phi) is 5.74. The summed E-state index contributed by atoms with van der Waals surface area (Å²) >= 11 is 0. The number of rotatable bonds is 5. The van der Waals surface area contributed by atoms with E-state index in [4.69, 9.17) is 0 Å². The number of nitrogens with one attached hydrogen (secondary N) is 1. The minimum absolute atomic E-state index is 0.00112. The summed E-state index contributed by atoms with van der Waals surface area (Å²) in [5.41, 5.74) is 4.71. The van der Waals surface area contributed by atoms with Gasteiger partial charge in [0.1, 0.15) is 6.54 Å². The third-order valence-electron chi connectivity index (χ3n) is 3.96. The SMILES string of the molecule is CCc1cccc(C)c1N(CC(=O)Nc1cccc(C)c1)C(C)=O. The third kappa shape index (κ3) is 4.22. The Morgan fingerprint density at radius 1 is 1.08 bits per heavy atom. The van der Waals surface area contributed by atoms with Gasteiger partial charge in [0.25, 0.3) is 0 Å². The maximum atomic E-state index is 12.4. The average molecular weight is 324 g/mol. The molecule has 0 saturated heterocycles. The molecule has 0 spiro atoms. The van der Waals surface area contributed by atoms with Crippen LogP contribution in [0.4, 0.5) is 11.4 Å². The predicted octanol–water partition coefficient (Wildman–Crippen LogP) is 3.86. The molecule has 4 nitrogen and oxygen atoms in total. The summed E-state index contributed by atoms with van der Waals surface area (Å²) in [4.78, 5) is 26.1. The molecular weight excluding hydrogens is 300 g/mol.